The minimum absolute atomic E-state index is 0.294. The van der Waals surface area contributed by atoms with Gasteiger partial charge >= 0.3 is 6.09 Å². The van der Waals surface area contributed by atoms with Crippen molar-refractivity contribution in [2.75, 3.05) is 6.61 Å². The topological polar surface area (TPSA) is 31.2 Å². The number of ether oxygens (including phenoxy) is 1. The molecule has 0 aromatic carbocycles. The Labute approximate surface area is 91.2 Å². The Morgan fingerprint density at radius 3 is 2.62 bits per heavy atom. The summed E-state index contributed by atoms with van der Waals surface area (Å²) in [5, 5.41) is 0. The Morgan fingerprint density at radius 2 is 2.23 bits per heavy atom. The molecule has 0 spiro atoms. The zero-order valence-corrected chi connectivity index (χ0v) is 10.1. The maximum absolute atomic E-state index is 11.4. The smallest absolute Gasteiger partial charge is 0.419 e. The second-order valence-corrected chi connectivity index (χ2v) is 3.82. The van der Waals surface area contributed by atoms with E-state index in [-0.39, 0.29) is 6.09 Å². The predicted octanol–water partition coefficient (Wildman–Crippen LogP) is 2.71. The predicted molar refractivity (Wildman–Crippen MR) is 59.0 cm³/mol. The molecular weight excluding hydrogens is 281 g/mol. The highest BCUT2D eigenvalue weighted by atomic mass is 127. The van der Waals surface area contributed by atoms with Crippen LogP contribution in [0.15, 0.2) is 6.07 Å². The molecule has 0 radical (unpaired) electrons. The first-order chi connectivity index (χ1) is 6.07. The molecule has 0 aliphatic heterocycles. The van der Waals surface area contributed by atoms with Crippen molar-refractivity contribution in [3.63, 3.8) is 0 Å². The molecule has 0 atom stereocenters. The maximum atomic E-state index is 11.4. The Kier molecular flexibility index (Phi) is 3.35. The number of hydrogen-bond acceptors (Lipinski definition) is 2. The zero-order chi connectivity index (χ0) is 10.0. The summed E-state index contributed by atoms with van der Waals surface area (Å²) in [5.41, 5.74) is 2.02. The lowest BCUT2D eigenvalue weighted by molar-refractivity contribution is 0.153. The Hall–Kier alpha value is -0.520. The lowest BCUT2D eigenvalue weighted by atomic mass is 10.4. The van der Waals surface area contributed by atoms with Gasteiger partial charge in [-0.3, -0.25) is 0 Å². The van der Waals surface area contributed by atoms with E-state index in [1.54, 1.807) is 11.5 Å². The average Bonchev–Trinajstić information content (AvgIpc) is 2.27. The molecule has 0 fully saturated rings. The summed E-state index contributed by atoms with van der Waals surface area (Å²) in [7, 11) is 0. The Morgan fingerprint density at radius 1 is 1.62 bits per heavy atom. The van der Waals surface area contributed by atoms with E-state index in [4.69, 9.17) is 4.74 Å². The van der Waals surface area contributed by atoms with E-state index in [9.17, 15) is 4.79 Å². The van der Waals surface area contributed by atoms with E-state index in [1.165, 1.54) is 0 Å². The number of halogens is 1. The molecule has 0 saturated heterocycles. The highest BCUT2D eigenvalue weighted by molar-refractivity contribution is 14.1. The minimum atomic E-state index is -0.294. The summed E-state index contributed by atoms with van der Waals surface area (Å²) >= 11 is 2.14. The quantitative estimate of drug-likeness (QED) is 0.745. The van der Waals surface area contributed by atoms with Gasteiger partial charge in [0.1, 0.15) is 0 Å². The van der Waals surface area contributed by atoms with Gasteiger partial charge in [-0.05, 0) is 55.0 Å². The van der Waals surface area contributed by atoms with Crippen LogP contribution in [0.3, 0.4) is 0 Å². The van der Waals surface area contributed by atoms with Crippen LogP contribution in [0.4, 0.5) is 4.79 Å². The molecule has 0 aliphatic rings. The van der Waals surface area contributed by atoms with Crippen LogP contribution < -0.4 is 0 Å². The summed E-state index contributed by atoms with van der Waals surface area (Å²) < 4.78 is 7.43. The number of carbonyl (C=O) groups excluding carboxylic acids is 1. The largest absolute Gasteiger partial charge is 0.449 e. The molecule has 0 aliphatic carbocycles. The van der Waals surface area contributed by atoms with Gasteiger partial charge in [0.15, 0.2) is 0 Å². The fourth-order valence-corrected chi connectivity index (χ4v) is 1.91. The molecule has 3 nitrogen and oxygen atoms in total. The Balaban J connectivity index is 3.06. The molecule has 0 unspecified atom stereocenters. The van der Waals surface area contributed by atoms with Crippen molar-refractivity contribution in [1.82, 2.24) is 4.57 Å². The first-order valence-electron chi connectivity index (χ1n) is 4.09. The van der Waals surface area contributed by atoms with E-state index in [0.29, 0.717) is 6.61 Å². The summed E-state index contributed by atoms with van der Waals surface area (Å²) in [6, 6.07) is 1.97. The van der Waals surface area contributed by atoms with Gasteiger partial charge in [-0.15, -0.1) is 0 Å². The second kappa shape index (κ2) is 4.13. The fraction of sp³-hybridized carbons (Fsp3) is 0.444. The summed E-state index contributed by atoms with van der Waals surface area (Å²) in [6.45, 7) is 6.08. The Bertz CT molecular complexity index is 331. The van der Waals surface area contributed by atoms with Crippen molar-refractivity contribution in [3.8, 4) is 0 Å². The highest BCUT2D eigenvalue weighted by Gasteiger charge is 2.14. The molecule has 0 bridgehead atoms. The van der Waals surface area contributed by atoms with E-state index in [2.05, 4.69) is 22.6 Å². The number of hydrogen-bond donors (Lipinski definition) is 0. The molecule has 1 rings (SSSR count). The van der Waals surface area contributed by atoms with E-state index in [1.807, 2.05) is 19.9 Å². The number of aryl methyl sites for hydroxylation is 2. The molecule has 4 heteroatoms. The molecule has 0 N–H and O–H groups in total. The molecule has 1 aromatic rings. The van der Waals surface area contributed by atoms with Crippen LogP contribution in [-0.4, -0.2) is 17.3 Å². The monoisotopic (exact) mass is 293 g/mol. The summed E-state index contributed by atoms with van der Waals surface area (Å²) in [4.78, 5) is 11.4. The van der Waals surface area contributed by atoms with Crippen molar-refractivity contribution in [2.24, 2.45) is 0 Å². The van der Waals surface area contributed by atoms with Crippen LogP contribution in [0.25, 0.3) is 0 Å². The number of aromatic nitrogens is 1. The summed E-state index contributed by atoms with van der Waals surface area (Å²) in [6.07, 6.45) is -0.294. The summed E-state index contributed by atoms with van der Waals surface area (Å²) in [5.74, 6) is 0. The molecule has 1 heterocycles. The standard InChI is InChI=1S/C9H12INO2/c1-4-13-9(12)11-7(3)5-6(2)8(11)10/h5H,4H2,1-3H3. The highest BCUT2D eigenvalue weighted by Crippen LogP contribution is 2.17. The fourth-order valence-electron chi connectivity index (χ4n) is 1.18. The zero-order valence-electron chi connectivity index (χ0n) is 7.93. The average molecular weight is 293 g/mol. The van der Waals surface area contributed by atoms with Gasteiger partial charge in [0.2, 0.25) is 0 Å². The van der Waals surface area contributed by atoms with Crippen LogP contribution in [0.1, 0.15) is 18.2 Å². The van der Waals surface area contributed by atoms with Crippen molar-refractivity contribution in [1.29, 1.82) is 0 Å². The third-order valence-electron chi connectivity index (χ3n) is 1.75. The molecule has 72 valence electrons. The molecule has 0 saturated carbocycles. The van der Waals surface area contributed by atoms with Crippen molar-refractivity contribution < 1.29 is 9.53 Å². The number of rotatable bonds is 1. The van der Waals surface area contributed by atoms with Gasteiger partial charge < -0.3 is 4.74 Å². The van der Waals surface area contributed by atoms with Crippen LogP contribution in [0.5, 0.6) is 0 Å². The molecule has 1 aromatic heterocycles. The van der Waals surface area contributed by atoms with Crippen LogP contribution in [-0.2, 0) is 4.74 Å². The second-order valence-electron chi connectivity index (χ2n) is 2.79. The first-order valence-corrected chi connectivity index (χ1v) is 5.17. The van der Waals surface area contributed by atoms with Gasteiger partial charge in [-0.25, -0.2) is 9.36 Å². The molecule has 0 amide bonds. The van der Waals surface area contributed by atoms with Crippen molar-refractivity contribution in [2.45, 2.75) is 20.8 Å². The minimum Gasteiger partial charge on any atom is -0.449 e. The maximum Gasteiger partial charge on any atom is 0.419 e. The third-order valence-corrected chi connectivity index (χ3v) is 3.08. The lowest BCUT2D eigenvalue weighted by Crippen LogP contribution is -2.16. The van der Waals surface area contributed by atoms with Gasteiger partial charge in [0.25, 0.3) is 0 Å². The first kappa shape index (κ1) is 10.6. The van der Waals surface area contributed by atoms with Gasteiger partial charge in [-0.1, -0.05) is 0 Å². The van der Waals surface area contributed by atoms with Crippen molar-refractivity contribution >= 4 is 28.7 Å². The SMILES string of the molecule is CCOC(=O)n1c(C)cc(C)c1I. The number of carbonyl (C=O) groups is 1. The normalized spacial score (nSPS) is 10.2. The van der Waals surface area contributed by atoms with E-state index < -0.39 is 0 Å². The molecule has 13 heavy (non-hydrogen) atoms. The van der Waals surface area contributed by atoms with Gasteiger partial charge in [0, 0.05) is 5.69 Å². The third kappa shape index (κ3) is 2.04. The van der Waals surface area contributed by atoms with Crippen molar-refractivity contribution in [3.05, 3.63) is 21.0 Å². The molecular formula is C9H12INO2. The van der Waals surface area contributed by atoms with E-state index in [0.717, 1.165) is 15.0 Å². The van der Waals surface area contributed by atoms with Crippen LogP contribution in [0, 0.1) is 17.5 Å². The van der Waals surface area contributed by atoms with Crippen LogP contribution >= 0.6 is 22.6 Å². The van der Waals surface area contributed by atoms with Gasteiger partial charge in [-0.2, -0.15) is 0 Å². The lowest BCUT2D eigenvalue weighted by Gasteiger charge is -2.05. The van der Waals surface area contributed by atoms with Gasteiger partial charge in [0.05, 0.1) is 10.3 Å². The van der Waals surface area contributed by atoms with E-state index >= 15 is 0 Å². The number of nitrogens with zero attached hydrogens (tertiary/aromatic N) is 1. The van der Waals surface area contributed by atoms with Crippen LogP contribution in [0.2, 0.25) is 0 Å².